The summed E-state index contributed by atoms with van der Waals surface area (Å²) in [4.78, 5) is 22.3. The molecule has 1 aromatic heterocycles. The van der Waals surface area contributed by atoms with Gasteiger partial charge in [-0.25, -0.2) is 13.4 Å². The molecule has 0 atom stereocenters. The molecule has 0 bridgehead atoms. The molecular formula is C27H37ClN4O5S2. The topological polar surface area (TPSA) is 92.3 Å². The number of ether oxygens (including phenoxy) is 2. The third-order valence-corrected chi connectivity index (χ3v) is 10.0. The minimum atomic E-state index is -3.64. The lowest BCUT2D eigenvalue weighted by Gasteiger charge is -2.30. The third kappa shape index (κ3) is 6.66. The number of carbonyl (C=O) groups excluding carboxylic acids is 1. The lowest BCUT2D eigenvalue weighted by molar-refractivity contribution is 0.0985. The number of benzene rings is 2. The van der Waals surface area contributed by atoms with E-state index in [-0.39, 0.29) is 29.3 Å². The van der Waals surface area contributed by atoms with Gasteiger partial charge in [-0.3, -0.25) is 9.69 Å². The molecule has 4 rings (SSSR count). The van der Waals surface area contributed by atoms with Gasteiger partial charge in [0.05, 0.1) is 19.1 Å². The first-order chi connectivity index (χ1) is 18.2. The molecule has 1 aliphatic rings. The van der Waals surface area contributed by atoms with Crippen LogP contribution in [0.2, 0.25) is 0 Å². The molecule has 39 heavy (non-hydrogen) atoms. The highest BCUT2D eigenvalue weighted by molar-refractivity contribution is 7.89. The van der Waals surface area contributed by atoms with E-state index >= 15 is 0 Å². The number of anilines is 1. The van der Waals surface area contributed by atoms with Gasteiger partial charge < -0.3 is 14.4 Å². The fourth-order valence-electron chi connectivity index (χ4n) is 4.71. The largest absolute Gasteiger partial charge is 0.495 e. The number of likely N-dealkylation sites (N-methyl/N-ethyl adjacent to an activating group) is 1. The van der Waals surface area contributed by atoms with Crippen LogP contribution in [0.25, 0.3) is 10.2 Å². The van der Waals surface area contributed by atoms with E-state index < -0.39 is 10.0 Å². The average Bonchev–Trinajstić information content (AvgIpc) is 3.37. The summed E-state index contributed by atoms with van der Waals surface area (Å²) in [6.45, 7) is 1.02. The average molecular weight is 597 g/mol. The van der Waals surface area contributed by atoms with Gasteiger partial charge >= 0.3 is 0 Å². The lowest BCUT2D eigenvalue weighted by Crippen LogP contribution is -2.38. The molecule has 0 radical (unpaired) electrons. The minimum absolute atomic E-state index is 0. The Hall–Kier alpha value is -2.44. The number of sulfonamides is 1. The van der Waals surface area contributed by atoms with Crippen molar-refractivity contribution in [2.24, 2.45) is 0 Å². The van der Waals surface area contributed by atoms with E-state index in [1.54, 1.807) is 44.4 Å². The summed E-state index contributed by atoms with van der Waals surface area (Å²) >= 11 is 1.36. The molecule has 1 amide bonds. The summed E-state index contributed by atoms with van der Waals surface area (Å²) in [5, 5.41) is 0.517. The fraction of sp³-hybridized carbons (Fsp3) is 0.481. The number of aromatic nitrogens is 1. The molecule has 1 fully saturated rings. The first-order valence-electron chi connectivity index (χ1n) is 12.7. The standard InChI is InChI=1S/C27H36N4O5S2.ClH/c1-29(2)17-18-31(27-28-24-22(35-4)15-16-23(36-5)25(24)37-27)26(32)19-11-13-21(14-12-19)38(33,34)30(3)20-9-7-6-8-10-20;/h11-16,20H,6-10,17-18H2,1-5H3;1H. The van der Waals surface area contributed by atoms with Gasteiger partial charge in [-0.05, 0) is 63.3 Å². The number of rotatable bonds is 10. The number of carbonyl (C=O) groups is 1. The van der Waals surface area contributed by atoms with E-state index in [9.17, 15) is 13.2 Å². The van der Waals surface area contributed by atoms with Gasteiger partial charge in [-0.2, -0.15) is 4.31 Å². The number of nitrogens with zero attached hydrogens (tertiary/aromatic N) is 4. The van der Waals surface area contributed by atoms with Crippen molar-refractivity contribution in [3.05, 3.63) is 42.0 Å². The molecule has 1 heterocycles. The van der Waals surface area contributed by atoms with Gasteiger partial charge in [0.2, 0.25) is 10.0 Å². The quantitative estimate of drug-likeness (QED) is 0.329. The van der Waals surface area contributed by atoms with Crippen molar-refractivity contribution >= 4 is 55.0 Å². The molecule has 3 aromatic rings. The molecule has 0 aliphatic heterocycles. The van der Waals surface area contributed by atoms with Crippen LogP contribution in [-0.2, 0) is 10.0 Å². The number of halogens is 1. The van der Waals surface area contributed by atoms with Crippen molar-refractivity contribution in [3.63, 3.8) is 0 Å². The predicted molar refractivity (Wildman–Crippen MR) is 158 cm³/mol. The molecule has 1 aliphatic carbocycles. The second-order valence-electron chi connectivity index (χ2n) is 9.74. The molecule has 9 nitrogen and oxygen atoms in total. The molecule has 2 aromatic carbocycles. The van der Waals surface area contributed by atoms with Gasteiger partial charge in [0.15, 0.2) is 5.13 Å². The third-order valence-electron chi connectivity index (χ3n) is 7.01. The predicted octanol–water partition coefficient (Wildman–Crippen LogP) is 4.90. The molecular weight excluding hydrogens is 560 g/mol. The molecule has 0 saturated heterocycles. The highest BCUT2D eigenvalue weighted by atomic mass is 35.5. The van der Waals surface area contributed by atoms with E-state index in [2.05, 4.69) is 0 Å². The first kappa shape index (κ1) is 31.1. The number of methoxy groups -OCH3 is 2. The van der Waals surface area contributed by atoms with Crippen LogP contribution in [0.3, 0.4) is 0 Å². The summed E-state index contributed by atoms with van der Waals surface area (Å²) in [6, 6.07) is 9.85. The molecule has 0 unspecified atom stereocenters. The van der Waals surface area contributed by atoms with Crippen molar-refractivity contribution < 1.29 is 22.7 Å². The monoisotopic (exact) mass is 596 g/mol. The number of fused-ring (bicyclic) bond motifs is 1. The van der Waals surface area contributed by atoms with Crippen LogP contribution in [0.15, 0.2) is 41.3 Å². The van der Waals surface area contributed by atoms with Gasteiger partial charge in [0.25, 0.3) is 5.91 Å². The molecule has 0 N–H and O–H groups in total. The number of thiazole rings is 1. The van der Waals surface area contributed by atoms with Gasteiger partial charge in [-0.1, -0.05) is 30.6 Å². The van der Waals surface area contributed by atoms with Crippen LogP contribution < -0.4 is 14.4 Å². The summed E-state index contributed by atoms with van der Waals surface area (Å²) in [7, 11) is 5.07. The van der Waals surface area contributed by atoms with Crippen molar-refractivity contribution in [2.45, 2.75) is 43.0 Å². The van der Waals surface area contributed by atoms with E-state index in [0.29, 0.717) is 40.8 Å². The van der Waals surface area contributed by atoms with Gasteiger partial charge in [0.1, 0.15) is 21.7 Å². The maximum Gasteiger partial charge on any atom is 0.260 e. The van der Waals surface area contributed by atoms with Crippen molar-refractivity contribution in [3.8, 4) is 11.5 Å². The molecule has 214 valence electrons. The first-order valence-corrected chi connectivity index (χ1v) is 15.0. The number of amides is 1. The summed E-state index contributed by atoms with van der Waals surface area (Å²) in [6.07, 6.45) is 5.00. The Morgan fingerprint density at radius 3 is 2.15 bits per heavy atom. The van der Waals surface area contributed by atoms with Crippen LogP contribution in [-0.4, -0.2) is 83.0 Å². The second-order valence-corrected chi connectivity index (χ2v) is 12.7. The molecule has 12 heteroatoms. The summed E-state index contributed by atoms with van der Waals surface area (Å²) in [5.41, 5.74) is 1.02. The fourth-order valence-corrected chi connectivity index (χ4v) is 7.22. The normalized spacial score (nSPS) is 14.4. The van der Waals surface area contributed by atoms with Crippen LogP contribution in [0.4, 0.5) is 5.13 Å². The highest BCUT2D eigenvalue weighted by Gasteiger charge is 2.30. The summed E-state index contributed by atoms with van der Waals surface area (Å²) < 4.78 is 39.8. The maximum absolute atomic E-state index is 13.7. The van der Waals surface area contributed by atoms with E-state index in [1.807, 2.05) is 25.1 Å². The number of hydrogen-bond donors (Lipinski definition) is 0. The van der Waals surface area contributed by atoms with Crippen molar-refractivity contribution in [1.82, 2.24) is 14.2 Å². The Labute approximate surface area is 241 Å². The Morgan fingerprint density at radius 2 is 1.56 bits per heavy atom. The Balaban J connectivity index is 0.00000420. The van der Waals surface area contributed by atoms with Gasteiger partial charge in [-0.15, -0.1) is 12.4 Å². The zero-order chi connectivity index (χ0) is 27.4. The smallest absolute Gasteiger partial charge is 0.260 e. The zero-order valence-corrected chi connectivity index (χ0v) is 25.5. The Kier molecular flexibility index (Phi) is 10.6. The zero-order valence-electron chi connectivity index (χ0n) is 23.0. The molecule has 0 spiro atoms. The van der Waals surface area contributed by atoms with E-state index in [4.69, 9.17) is 14.5 Å². The Morgan fingerprint density at radius 1 is 0.949 bits per heavy atom. The lowest BCUT2D eigenvalue weighted by atomic mass is 9.96. The van der Waals surface area contributed by atoms with Crippen molar-refractivity contribution in [1.29, 1.82) is 0 Å². The van der Waals surface area contributed by atoms with Crippen LogP contribution in [0.5, 0.6) is 11.5 Å². The van der Waals surface area contributed by atoms with Crippen LogP contribution in [0.1, 0.15) is 42.5 Å². The van der Waals surface area contributed by atoms with E-state index in [0.717, 1.165) is 36.8 Å². The Bertz CT molecular complexity index is 1330. The summed E-state index contributed by atoms with van der Waals surface area (Å²) in [5.74, 6) is 0.995. The van der Waals surface area contributed by atoms with E-state index in [1.165, 1.54) is 27.8 Å². The second kappa shape index (κ2) is 13.3. The molecule has 1 saturated carbocycles. The van der Waals surface area contributed by atoms with Crippen LogP contribution in [0, 0.1) is 0 Å². The SMILES string of the molecule is COc1ccc(OC)c2sc(N(CCN(C)C)C(=O)c3ccc(S(=O)(=O)N(C)C4CCCCC4)cc3)nc12.Cl. The van der Waals surface area contributed by atoms with Crippen molar-refractivity contribution in [2.75, 3.05) is 53.4 Å². The van der Waals surface area contributed by atoms with Crippen LogP contribution >= 0.6 is 23.7 Å². The number of hydrogen-bond acceptors (Lipinski definition) is 8. The maximum atomic E-state index is 13.7. The highest BCUT2D eigenvalue weighted by Crippen LogP contribution is 2.40. The van der Waals surface area contributed by atoms with Gasteiger partial charge in [0, 0.05) is 31.7 Å². The minimum Gasteiger partial charge on any atom is -0.495 e.